The van der Waals surface area contributed by atoms with Gasteiger partial charge in [0.15, 0.2) is 5.78 Å². The van der Waals surface area contributed by atoms with E-state index in [1.807, 2.05) is 31.2 Å². The Hall–Kier alpha value is -0.480. The summed E-state index contributed by atoms with van der Waals surface area (Å²) in [5.41, 5.74) is 0.508. The van der Waals surface area contributed by atoms with Gasteiger partial charge in [-0.2, -0.15) is 0 Å². The molecule has 0 saturated carbocycles. The molecule has 1 atom stereocenters. The lowest BCUT2D eigenvalue weighted by Gasteiger charge is -2.11. The average Bonchev–Trinajstić information content (AvgIpc) is 2.40. The summed E-state index contributed by atoms with van der Waals surface area (Å²) in [6.07, 6.45) is 0. The molecule has 104 valence electrons. The standard InChI is InChI=1S/C15H11BrCl2OS/c1-9(20-12-5-2-10(16)3-6-12)15(19)13-7-4-11(17)8-14(13)18/h2-9H,1H3. The van der Waals surface area contributed by atoms with E-state index in [0.717, 1.165) is 9.37 Å². The van der Waals surface area contributed by atoms with Crippen LogP contribution in [-0.2, 0) is 0 Å². The van der Waals surface area contributed by atoms with Gasteiger partial charge in [0.1, 0.15) is 0 Å². The van der Waals surface area contributed by atoms with Crippen molar-refractivity contribution in [2.45, 2.75) is 17.1 Å². The lowest BCUT2D eigenvalue weighted by atomic mass is 10.1. The minimum absolute atomic E-state index is 0.000384. The van der Waals surface area contributed by atoms with Crippen LogP contribution in [0.25, 0.3) is 0 Å². The fraction of sp³-hybridized carbons (Fsp3) is 0.133. The number of halogens is 3. The zero-order valence-electron chi connectivity index (χ0n) is 10.6. The number of carbonyl (C=O) groups excluding carboxylic acids is 1. The van der Waals surface area contributed by atoms with Crippen molar-refractivity contribution in [1.29, 1.82) is 0 Å². The summed E-state index contributed by atoms with van der Waals surface area (Å²) < 4.78 is 1.02. The predicted octanol–water partition coefficient (Wildman–Crippen LogP) is 6.12. The Kier molecular flexibility index (Phi) is 5.56. The average molecular weight is 390 g/mol. The van der Waals surface area contributed by atoms with Gasteiger partial charge >= 0.3 is 0 Å². The number of benzene rings is 2. The molecule has 0 spiro atoms. The molecule has 5 heteroatoms. The molecular formula is C15H11BrCl2OS. The van der Waals surface area contributed by atoms with Crippen LogP contribution in [0.3, 0.4) is 0 Å². The zero-order chi connectivity index (χ0) is 14.7. The molecule has 0 bridgehead atoms. The second kappa shape index (κ2) is 6.99. The fourth-order valence-corrected chi connectivity index (χ4v) is 3.38. The van der Waals surface area contributed by atoms with Gasteiger partial charge in [0.05, 0.1) is 10.3 Å². The van der Waals surface area contributed by atoms with E-state index in [1.165, 1.54) is 11.8 Å². The molecule has 2 aromatic carbocycles. The normalized spacial score (nSPS) is 12.2. The molecule has 0 saturated heterocycles. The largest absolute Gasteiger partial charge is 0.293 e. The van der Waals surface area contributed by atoms with E-state index in [0.29, 0.717) is 15.6 Å². The Morgan fingerprint density at radius 1 is 1.15 bits per heavy atom. The summed E-state index contributed by atoms with van der Waals surface area (Å²) in [5.74, 6) is -0.000384. The maximum atomic E-state index is 12.4. The van der Waals surface area contributed by atoms with Crippen LogP contribution in [0.5, 0.6) is 0 Å². The molecule has 0 radical (unpaired) electrons. The lowest BCUT2D eigenvalue weighted by Crippen LogP contribution is -2.13. The number of Topliss-reactive ketones (excluding diaryl/α,β-unsaturated/α-hetero) is 1. The van der Waals surface area contributed by atoms with Crippen LogP contribution < -0.4 is 0 Å². The van der Waals surface area contributed by atoms with E-state index < -0.39 is 0 Å². The van der Waals surface area contributed by atoms with Crippen molar-refractivity contribution in [3.63, 3.8) is 0 Å². The molecule has 0 aliphatic heterocycles. The Balaban J connectivity index is 2.14. The Labute approximate surface area is 140 Å². The van der Waals surface area contributed by atoms with Gasteiger partial charge in [-0.3, -0.25) is 4.79 Å². The third-order valence-electron chi connectivity index (χ3n) is 2.69. The predicted molar refractivity (Wildman–Crippen MR) is 90.3 cm³/mol. The topological polar surface area (TPSA) is 17.1 Å². The van der Waals surface area contributed by atoms with Gasteiger partial charge in [-0.05, 0) is 49.4 Å². The number of hydrogen-bond donors (Lipinski definition) is 0. The number of hydrogen-bond acceptors (Lipinski definition) is 2. The minimum atomic E-state index is -0.213. The first-order chi connectivity index (χ1) is 9.47. The lowest BCUT2D eigenvalue weighted by molar-refractivity contribution is 0.0994. The SMILES string of the molecule is CC(Sc1ccc(Br)cc1)C(=O)c1ccc(Cl)cc1Cl. The van der Waals surface area contributed by atoms with E-state index in [-0.39, 0.29) is 11.0 Å². The summed E-state index contributed by atoms with van der Waals surface area (Å²) in [4.78, 5) is 13.4. The zero-order valence-corrected chi connectivity index (χ0v) is 14.5. The summed E-state index contributed by atoms with van der Waals surface area (Å²) in [6.45, 7) is 1.87. The summed E-state index contributed by atoms with van der Waals surface area (Å²) >= 11 is 16.8. The molecular weight excluding hydrogens is 379 g/mol. The monoisotopic (exact) mass is 388 g/mol. The van der Waals surface area contributed by atoms with E-state index in [1.54, 1.807) is 18.2 Å². The van der Waals surface area contributed by atoms with Gasteiger partial charge in [-0.15, -0.1) is 11.8 Å². The fourth-order valence-electron chi connectivity index (χ4n) is 1.68. The third-order valence-corrected chi connectivity index (χ3v) is 4.88. The highest BCUT2D eigenvalue weighted by Gasteiger charge is 2.19. The van der Waals surface area contributed by atoms with Crippen LogP contribution in [-0.4, -0.2) is 11.0 Å². The van der Waals surface area contributed by atoms with Gasteiger partial charge in [-0.25, -0.2) is 0 Å². The second-order valence-corrected chi connectivity index (χ2v) is 7.38. The maximum Gasteiger partial charge on any atom is 0.177 e. The Bertz CT molecular complexity index is 628. The maximum absolute atomic E-state index is 12.4. The van der Waals surface area contributed by atoms with Crippen molar-refractivity contribution in [3.05, 3.63) is 62.5 Å². The smallest absolute Gasteiger partial charge is 0.177 e. The van der Waals surface area contributed by atoms with Gasteiger partial charge in [0.25, 0.3) is 0 Å². The first kappa shape index (κ1) is 15.9. The van der Waals surface area contributed by atoms with E-state index in [2.05, 4.69) is 15.9 Å². The van der Waals surface area contributed by atoms with Crippen molar-refractivity contribution in [3.8, 4) is 0 Å². The molecule has 1 nitrogen and oxygen atoms in total. The molecule has 0 N–H and O–H groups in total. The first-order valence-corrected chi connectivity index (χ1v) is 8.31. The van der Waals surface area contributed by atoms with Crippen molar-refractivity contribution in [1.82, 2.24) is 0 Å². The molecule has 1 unspecified atom stereocenters. The Morgan fingerprint density at radius 3 is 2.40 bits per heavy atom. The van der Waals surface area contributed by atoms with E-state index in [9.17, 15) is 4.79 Å². The number of carbonyl (C=O) groups is 1. The van der Waals surface area contributed by atoms with Gasteiger partial charge < -0.3 is 0 Å². The van der Waals surface area contributed by atoms with Crippen LogP contribution in [0.1, 0.15) is 17.3 Å². The third kappa shape index (κ3) is 4.01. The van der Waals surface area contributed by atoms with Crippen LogP contribution in [0, 0.1) is 0 Å². The number of ketones is 1. The van der Waals surface area contributed by atoms with Gasteiger partial charge in [0.2, 0.25) is 0 Å². The molecule has 0 aliphatic rings. The first-order valence-electron chi connectivity index (χ1n) is 5.89. The van der Waals surface area contributed by atoms with Crippen LogP contribution in [0.4, 0.5) is 0 Å². The molecule has 0 aromatic heterocycles. The summed E-state index contributed by atoms with van der Waals surface area (Å²) in [6, 6.07) is 12.8. The van der Waals surface area contributed by atoms with Crippen molar-refractivity contribution in [2.75, 3.05) is 0 Å². The van der Waals surface area contributed by atoms with Crippen molar-refractivity contribution >= 4 is 56.7 Å². The Morgan fingerprint density at radius 2 is 1.80 bits per heavy atom. The quantitative estimate of drug-likeness (QED) is 0.462. The van der Waals surface area contributed by atoms with Crippen LogP contribution in [0.2, 0.25) is 10.0 Å². The molecule has 20 heavy (non-hydrogen) atoms. The molecule has 0 heterocycles. The van der Waals surface area contributed by atoms with Gasteiger partial charge in [0, 0.05) is 20.0 Å². The number of thioether (sulfide) groups is 1. The van der Waals surface area contributed by atoms with E-state index in [4.69, 9.17) is 23.2 Å². The highest BCUT2D eigenvalue weighted by molar-refractivity contribution is 9.10. The summed E-state index contributed by atoms with van der Waals surface area (Å²) in [7, 11) is 0. The van der Waals surface area contributed by atoms with Crippen molar-refractivity contribution in [2.24, 2.45) is 0 Å². The molecule has 0 aliphatic carbocycles. The highest BCUT2D eigenvalue weighted by atomic mass is 79.9. The molecule has 0 amide bonds. The van der Waals surface area contributed by atoms with Crippen LogP contribution in [0.15, 0.2) is 51.8 Å². The minimum Gasteiger partial charge on any atom is -0.293 e. The summed E-state index contributed by atoms with van der Waals surface area (Å²) in [5, 5.41) is 0.709. The van der Waals surface area contributed by atoms with E-state index >= 15 is 0 Å². The molecule has 2 aromatic rings. The molecule has 2 rings (SSSR count). The number of rotatable bonds is 4. The molecule has 0 fully saturated rings. The second-order valence-electron chi connectivity index (χ2n) is 4.20. The van der Waals surface area contributed by atoms with Crippen molar-refractivity contribution < 1.29 is 4.79 Å². The highest BCUT2D eigenvalue weighted by Crippen LogP contribution is 2.29. The van der Waals surface area contributed by atoms with Crippen LogP contribution >= 0.6 is 50.9 Å². The van der Waals surface area contributed by atoms with Gasteiger partial charge in [-0.1, -0.05) is 39.1 Å².